The van der Waals surface area contributed by atoms with E-state index >= 15 is 0 Å². The van der Waals surface area contributed by atoms with E-state index in [0.29, 0.717) is 17.3 Å². The summed E-state index contributed by atoms with van der Waals surface area (Å²) in [5, 5.41) is 3.36. The number of benzene rings is 2. The largest absolute Gasteiger partial charge is 0.494 e. The summed E-state index contributed by atoms with van der Waals surface area (Å²) < 4.78 is 5.74. The molecule has 1 saturated heterocycles. The van der Waals surface area contributed by atoms with Crippen LogP contribution in [-0.4, -0.2) is 48.7 Å². The first-order valence-electron chi connectivity index (χ1n) is 10.8. The van der Waals surface area contributed by atoms with Crippen molar-refractivity contribution in [3.05, 3.63) is 60.2 Å². The number of para-hydroxylation sites is 1. The average molecular weight is 426 g/mol. The van der Waals surface area contributed by atoms with Gasteiger partial charge in [0, 0.05) is 37.4 Å². The Morgan fingerprint density at radius 3 is 2.33 bits per heavy atom. The first-order valence-corrected chi connectivity index (χ1v) is 11.2. The Hall–Kier alpha value is -2.60. The zero-order valence-corrected chi connectivity index (χ0v) is 18.5. The van der Waals surface area contributed by atoms with Crippen LogP contribution in [0.2, 0.25) is 0 Å². The molecule has 1 fully saturated rings. The summed E-state index contributed by atoms with van der Waals surface area (Å²) in [6, 6.07) is 17.6. The molecule has 0 bridgehead atoms. The third-order valence-electron chi connectivity index (χ3n) is 5.29. The summed E-state index contributed by atoms with van der Waals surface area (Å²) in [7, 11) is 0. The fourth-order valence-corrected chi connectivity index (χ4v) is 3.75. The summed E-state index contributed by atoms with van der Waals surface area (Å²) in [4.78, 5) is 16.9. The Bertz CT molecular complexity index is 803. The number of piperazine rings is 1. The lowest BCUT2D eigenvalue weighted by Gasteiger charge is -2.37. The Morgan fingerprint density at radius 2 is 1.67 bits per heavy atom. The van der Waals surface area contributed by atoms with Gasteiger partial charge in [0.25, 0.3) is 5.91 Å². The summed E-state index contributed by atoms with van der Waals surface area (Å²) in [5.74, 6) is 0.614. The van der Waals surface area contributed by atoms with Gasteiger partial charge in [0.05, 0.1) is 6.61 Å². The maximum Gasteiger partial charge on any atom is 0.257 e. The smallest absolute Gasteiger partial charge is 0.257 e. The van der Waals surface area contributed by atoms with Gasteiger partial charge in [-0.05, 0) is 55.0 Å². The van der Waals surface area contributed by atoms with E-state index in [9.17, 15) is 4.79 Å². The van der Waals surface area contributed by atoms with Gasteiger partial charge in [-0.15, -0.1) is 0 Å². The number of hydrogen-bond acceptors (Lipinski definition) is 4. The number of nitrogens with zero attached hydrogens (tertiary/aromatic N) is 2. The van der Waals surface area contributed by atoms with E-state index < -0.39 is 0 Å². The van der Waals surface area contributed by atoms with E-state index in [-0.39, 0.29) is 5.91 Å². The van der Waals surface area contributed by atoms with E-state index in [2.05, 4.69) is 46.3 Å². The third-order valence-corrected chi connectivity index (χ3v) is 5.65. The minimum atomic E-state index is -0.181. The zero-order valence-electron chi connectivity index (χ0n) is 17.7. The van der Waals surface area contributed by atoms with Crippen LogP contribution in [0.15, 0.2) is 54.6 Å². The molecule has 2 aromatic rings. The van der Waals surface area contributed by atoms with Crippen LogP contribution in [0.25, 0.3) is 0 Å². The maximum absolute atomic E-state index is 12.6. The standard InChI is InChI=1S/C24H31N3O2S/c1-2-3-4-8-19-29-22-13-11-20(12-14-22)23(28)25-24(30)27-17-15-26(16-18-27)21-9-6-5-7-10-21/h5-7,9-14H,2-4,8,15-19H2,1H3,(H,25,28,30). The molecule has 0 aromatic heterocycles. The number of thiocarbonyl (C=S) groups is 1. The third kappa shape index (κ3) is 6.46. The van der Waals surface area contributed by atoms with E-state index in [4.69, 9.17) is 17.0 Å². The quantitative estimate of drug-likeness (QED) is 0.499. The first-order chi connectivity index (χ1) is 14.7. The van der Waals surface area contributed by atoms with Crippen molar-refractivity contribution in [1.82, 2.24) is 10.2 Å². The van der Waals surface area contributed by atoms with Gasteiger partial charge in [0.2, 0.25) is 0 Å². The summed E-state index contributed by atoms with van der Waals surface area (Å²) >= 11 is 5.47. The second-order valence-electron chi connectivity index (χ2n) is 7.50. The van der Waals surface area contributed by atoms with Gasteiger partial charge in [-0.1, -0.05) is 44.4 Å². The summed E-state index contributed by atoms with van der Waals surface area (Å²) in [6.45, 7) is 6.25. The molecule has 0 atom stereocenters. The van der Waals surface area contributed by atoms with Crippen LogP contribution >= 0.6 is 12.2 Å². The van der Waals surface area contributed by atoms with Gasteiger partial charge >= 0.3 is 0 Å². The molecule has 1 heterocycles. The molecule has 160 valence electrons. The molecule has 3 rings (SSSR count). The number of carbonyl (C=O) groups excluding carboxylic acids is 1. The van der Waals surface area contributed by atoms with Crippen molar-refractivity contribution >= 4 is 28.9 Å². The van der Waals surface area contributed by atoms with Crippen LogP contribution in [0.4, 0.5) is 5.69 Å². The number of anilines is 1. The Kier molecular flexibility index (Phi) is 8.51. The summed E-state index contributed by atoms with van der Waals surface area (Å²) in [6.07, 6.45) is 4.70. The van der Waals surface area contributed by atoms with Gasteiger partial charge < -0.3 is 14.5 Å². The minimum Gasteiger partial charge on any atom is -0.494 e. The number of hydrogen-bond donors (Lipinski definition) is 1. The highest BCUT2D eigenvalue weighted by Gasteiger charge is 2.20. The highest BCUT2D eigenvalue weighted by Crippen LogP contribution is 2.16. The van der Waals surface area contributed by atoms with E-state index in [1.54, 1.807) is 12.1 Å². The van der Waals surface area contributed by atoms with Crippen LogP contribution in [0.3, 0.4) is 0 Å². The van der Waals surface area contributed by atoms with Gasteiger partial charge in [-0.25, -0.2) is 0 Å². The number of unbranched alkanes of at least 4 members (excludes halogenated alkanes) is 3. The molecule has 1 aliphatic heterocycles. The number of ether oxygens (including phenoxy) is 1. The summed E-state index contributed by atoms with van der Waals surface area (Å²) in [5.41, 5.74) is 1.80. The number of rotatable bonds is 8. The van der Waals surface area contributed by atoms with Crippen LogP contribution in [0, 0.1) is 0 Å². The van der Waals surface area contributed by atoms with Gasteiger partial charge in [0.15, 0.2) is 5.11 Å². The molecule has 0 radical (unpaired) electrons. The predicted octanol–water partition coefficient (Wildman–Crippen LogP) is 4.48. The van der Waals surface area contributed by atoms with E-state index in [1.165, 1.54) is 24.9 Å². The van der Waals surface area contributed by atoms with Crippen molar-refractivity contribution in [1.29, 1.82) is 0 Å². The Balaban J connectivity index is 1.42. The van der Waals surface area contributed by atoms with E-state index in [0.717, 1.165) is 38.3 Å². The molecular weight excluding hydrogens is 394 g/mol. The fourth-order valence-electron chi connectivity index (χ4n) is 3.48. The van der Waals surface area contributed by atoms with Crippen LogP contribution in [0.1, 0.15) is 43.0 Å². The zero-order chi connectivity index (χ0) is 21.2. The highest BCUT2D eigenvalue weighted by molar-refractivity contribution is 7.80. The topological polar surface area (TPSA) is 44.8 Å². The van der Waals surface area contributed by atoms with Crippen LogP contribution in [0.5, 0.6) is 5.75 Å². The number of amides is 1. The molecule has 5 nitrogen and oxygen atoms in total. The molecule has 0 spiro atoms. The highest BCUT2D eigenvalue weighted by atomic mass is 32.1. The SMILES string of the molecule is CCCCCCOc1ccc(C(=O)NC(=S)N2CCN(c3ccccc3)CC2)cc1. The lowest BCUT2D eigenvalue weighted by Crippen LogP contribution is -2.52. The number of nitrogens with one attached hydrogen (secondary N) is 1. The first kappa shape index (κ1) is 22.1. The molecule has 30 heavy (non-hydrogen) atoms. The lowest BCUT2D eigenvalue weighted by atomic mass is 10.2. The molecule has 0 unspecified atom stereocenters. The van der Waals surface area contributed by atoms with Gasteiger partial charge in [-0.2, -0.15) is 0 Å². The van der Waals surface area contributed by atoms with Crippen molar-refractivity contribution in [2.75, 3.05) is 37.7 Å². The molecule has 0 aliphatic carbocycles. The fraction of sp³-hybridized carbons (Fsp3) is 0.417. The van der Waals surface area contributed by atoms with Crippen molar-refractivity contribution < 1.29 is 9.53 Å². The second kappa shape index (κ2) is 11.6. The minimum absolute atomic E-state index is 0.181. The van der Waals surface area contributed by atoms with Crippen molar-refractivity contribution in [2.45, 2.75) is 32.6 Å². The predicted molar refractivity (Wildman–Crippen MR) is 126 cm³/mol. The average Bonchev–Trinajstić information content (AvgIpc) is 2.80. The molecule has 1 amide bonds. The van der Waals surface area contributed by atoms with Crippen molar-refractivity contribution in [3.8, 4) is 5.75 Å². The molecule has 2 aromatic carbocycles. The van der Waals surface area contributed by atoms with Crippen LogP contribution in [-0.2, 0) is 0 Å². The lowest BCUT2D eigenvalue weighted by molar-refractivity contribution is 0.0973. The van der Waals surface area contributed by atoms with Crippen molar-refractivity contribution in [3.63, 3.8) is 0 Å². The maximum atomic E-state index is 12.6. The number of carbonyl (C=O) groups is 1. The van der Waals surface area contributed by atoms with Crippen LogP contribution < -0.4 is 15.0 Å². The molecule has 0 saturated carbocycles. The molecular formula is C24H31N3O2S. The van der Waals surface area contributed by atoms with Gasteiger partial charge in [-0.3, -0.25) is 10.1 Å². The molecule has 6 heteroatoms. The van der Waals surface area contributed by atoms with E-state index in [1.807, 2.05) is 18.2 Å². The molecule has 1 aliphatic rings. The molecule has 1 N–H and O–H groups in total. The Morgan fingerprint density at radius 1 is 0.967 bits per heavy atom. The van der Waals surface area contributed by atoms with Gasteiger partial charge in [0.1, 0.15) is 5.75 Å². The Labute approximate surface area is 185 Å². The second-order valence-corrected chi connectivity index (χ2v) is 7.89. The van der Waals surface area contributed by atoms with Crippen molar-refractivity contribution in [2.24, 2.45) is 0 Å². The normalized spacial score (nSPS) is 13.8. The monoisotopic (exact) mass is 425 g/mol.